The predicted octanol–water partition coefficient (Wildman–Crippen LogP) is 7.09. The fourth-order valence-electron chi connectivity index (χ4n) is 6.51. The average molecular weight is 815 g/mol. The second-order valence-electron chi connectivity index (χ2n) is 11.6. The van der Waals surface area contributed by atoms with E-state index >= 15 is 0 Å². The third-order valence-corrected chi connectivity index (χ3v) is 9.90. The number of imide groups is 1. The molecule has 9 nitrogen and oxygen atoms in total. The minimum Gasteiger partial charge on any atom is -0.485 e. The number of hydrogen-bond acceptors (Lipinski definition) is 6. The minimum absolute atomic E-state index is 0. The fourth-order valence-corrected chi connectivity index (χ4v) is 7.50. The third-order valence-electron chi connectivity index (χ3n) is 8.71. The highest BCUT2D eigenvalue weighted by Gasteiger charge is 2.54. The molecule has 0 bridgehead atoms. The van der Waals surface area contributed by atoms with Gasteiger partial charge in [-0.05, 0) is 60.7 Å². The van der Waals surface area contributed by atoms with Crippen molar-refractivity contribution < 1.29 is 32.6 Å². The van der Waals surface area contributed by atoms with E-state index in [0.717, 1.165) is 8.95 Å². The summed E-state index contributed by atoms with van der Waals surface area (Å²) >= 11 is 11.9. The van der Waals surface area contributed by atoms with E-state index in [4.69, 9.17) is 21.7 Å². The zero-order chi connectivity index (χ0) is 33.8. The molecule has 2 saturated heterocycles. The molecule has 0 aromatic heterocycles. The van der Waals surface area contributed by atoms with Crippen LogP contribution >= 0.6 is 44.1 Å². The SMILES string of the molecule is C.O=C1NC(=O)C2(CC(c3ccccc3F)Oc3ccc(Br)cc32)N1.O=C1NC(=S)NC12CC(c1ccccc1F)Oc1ccc(Br)cc12. The molecule has 0 aliphatic carbocycles. The Morgan fingerprint density at radius 2 is 1.12 bits per heavy atom. The molecule has 4 heterocycles. The summed E-state index contributed by atoms with van der Waals surface area (Å²) in [6.45, 7) is 0. The van der Waals surface area contributed by atoms with E-state index in [9.17, 15) is 23.2 Å². The van der Waals surface area contributed by atoms with Crippen molar-refractivity contribution in [2.45, 2.75) is 43.6 Å². The van der Waals surface area contributed by atoms with Crippen LogP contribution in [-0.2, 0) is 20.7 Å². The van der Waals surface area contributed by atoms with Gasteiger partial charge in [0.05, 0.1) is 0 Å². The molecule has 2 spiro atoms. The van der Waals surface area contributed by atoms with Gasteiger partial charge in [-0.1, -0.05) is 75.7 Å². The summed E-state index contributed by atoms with van der Waals surface area (Å²) in [6, 6.07) is 22.7. The van der Waals surface area contributed by atoms with Crippen molar-refractivity contribution in [3.63, 3.8) is 0 Å². The lowest BCUT2D eigenvalue weighted by atomic mass is 9.80. The molecular weight excluding hydrogens is 786 g/mol. The highest BCUT2D eigenvalue weighted by atomic mass is 79.9. The normalized spacial score (nSPS) is 24.5. The molecule has 4 aromatic rings. The zero-order valence-electron chi connectivity index (χ0n) is 24.6. The molecule has 4 aromatic carbocycles. The number of rotatable bonds is 2. The molecule has 4 unspecified atom stereocenters. The first-order chi connectivity index (χ1) is 23.0. The van der Waals surface area contributed by atoms with Gasteiger partial charge in [0, 0.05) is 44.0 Å². The lowest BCUT2D eigenvalue weighted by molar-refractivity contribution is -0.126. The van der Waals surface area contributed by atoms with Gasteiger partial charge in [0.1, 0.15) is 35.3 Å². The van der Waals surface area contributed by atoms with Crippen molar-refractivity contribution in [2.75, 3.05) is 0 Å². The highest BCUT2D eigenvalue weighted by Crippen LogP contribution is 2.48. The van der Waals surface area contributed by atoms with Crippen LogP contribution < -0.4 is 30.7 Å². The van der Waals surface area contributed by atoms with Crippen molar-refractivity contribution in [1.29, 1.82) is 0 Å². The molecular formula is C35H28Br2F2N4O5S. The van der Waals surface area contributed by atoms with Crippen LogP contribution in [0.15, 0.2) is 93.9 Å². The van der Waals surface area contributed by atoms with Crippen LogP contribution in [0.25, 0.3) is 0 Å². The lowest BCUT2D eigenvalue weighted by Gasteiger charge is -2.38. The largest absolute Gasteiger partial charge is 0.485 e. The first-order valence-corrected chi connectivity index (χ1v) is 16.7. The number of ether oxygens (including phenoxy) is 2. The van der Waals surface area contributed by atoms with Crippen LogP contribution in [-0.4, -0.2) is 23.0 Å². The molecule has 0 radical (unpaired) electrons. The number of urea groups is 1. The minimum atomic E-state index is -1.28. The maximum Gasteiger partial charge on any atom is 0.322 e. The fraction of sp³-hybridized carbons (Fsp3) is 0.200. The molecule has 252 valence electrons. The number of halogens is 4. The third kappa shape index (κ3) is 6.06. The van der Waals surface area contributed by atoms with Crippen LogP contribution in [0.1, 0.15) is 54.7 Å². The van der Waals surface area contributed by atoms with Gasteiger partial charge in [0.25, 0.3) is 11.8 Å². The molecule has 2 fully saturated rings. The summed E-state index contributed by atoms with van der Waals surface area (Å²) in [7, 11) is 0. The molecule has 8 rings (SSSR count). The van der Waals surface area contributed by atoms with Gasteiger partial charge in [0.2, 0.25) is 0 Å². The van der Waals surface area contributed by atoms with Crippen molar-refractivity contribution >= 4 is 67.0 Å². The lowest BCUT2D eigenvalue weighted by Crippen LogP contribution is -2.48. The van der Waals surface area contributed by atoms with Crippen LogP contribution in [0.4, 0.5) is 13.6 Å². The van der Waals surface area contributed by atoms with E-state index in [0.29, 0.717) is 33.8 Å². The Morgan fingerprint density at radius 1 is 0.673 bits per heavy atom. The summed E-state index contributed by atoms with van der Waals surface area (Å²) < 4.78 is 41.9. The molecule has 4 aliphatic rings. The van der Waals surface area contributed by atoms with Gasteiger partial charge in [-0.15, -0.1) is 0 Å². The number of thiocarbonyl (C=S) groups is 1. The first kappa shape index (κ1) is 34.5. The molecule has 14 heteroatoms. The van der Waals surface area contributed by atoms with Crippen LogP contribution in [0.5, 0.6) is 11.5 Å². The second-order valence-corrected chi connectivity index (χ2v) is 13.8. The zero-order valence-corrected chi connectivity index (χ0v) is 28.6. The summed E-state index contributed by atoms with van der Waals surface area (Å²) in [6.07, 6.45) is -0.943. The van der Waals surface area contributed by atoms with Crippen molar-refractivity contribution in [3.8, 4) is 11.5 Å². The Kier molecular flexibility index (Phi) is 9.24. The molecule has 4 aliphatic heterocycles. The Labute approximate surface area is 302 Å². The van der Waals surface area contributed by atoms with E-state index < -0.39 is 41.0 Å². The summed E-state index contributed by atoms with van der Waals surface area (Å²) in [5.41, 5.74) is -0.352. The standard InChI is InChI=1S/C17H12BrFN2O3.C17H12BrFN2O2S.CH4/c18-9-5-6-13-11(7-9)17(15(22)20-16(23)21-17)8-14(24-13)10-3-1-2-4-12(10)19;18-9-5-6-13-11(7-9)17(15(22)20-16(24)21-17)8-14(23-13)10-3-1-2-4-12(10)19;/h1-7,14H,8H2,(H2,20,21,22,23);1-7,14H,8H2,(H2,20,21,22,24);1H4. The maximum absolute atomic E-state index is 14.2. The smallest absolute Gasteiger partial charge is 0.322 e. The van der Waals surface area contributed by atoms with E-state index in [2.05, 4.69) is 53.1 Å². The predicted molar refractivity (Wildman–Crippen MR) is 188 cm³/mol. The molecule has 4 atom stereocenters. The first-order valence-electron chi connectivity index (χ1n) is 14.7. The quantitative estimate of drug-likeness (QED) is 0.126. The van der Waals surface area contributed by atoms with E-state index in [1.165, 1.54) is 12.1 Å². The van der Waals surface area contributed by atoms with E-state index in [1.54, 1.807) is 60.7 Å². The van der Waals surface area contributed by atoms with Gasteiger partial charge in [0.15, 0.2) is 16.2 Å². The molecule has 4 amide bonds. The van der Waals surface area contributed by atoms with Crippen LogP contribution in [0, 0.1) is 11.6 Å². The summed E-state index contributed by atoms with van der Waals surface area (Å²) in [5, 5.41) is 10.9. The van der Waals surface area contributed by atoms with Crippen molar-refractivity contribution in [3.05, 3.63) is 128 Å². The number of nitrogens with one attached hydrogen (secondary N) is 4. The van der Waals surface area contributed by atoms with Gasteiger partial charge in [-0.3, -0.25) is 14.9 Å². The number of carbonyl (C=O) groups is 3. The summed E-state index contributed by atoms with van der Waals surface area (Å²) in [4.78, 5) is 37.0. The number of amides is 4. The maximum atomic E-state index is 14.2. The Hall–Kier alpha value is -4.40. The van der Waals surface area contributed by atoms with E-state index in [-0.39, 0.29) is 37.1 Å². The second kappa shape index (κ2) is 13.1. The highest BCUT2D eigenvalue weighted by molar-refractivity contribution is 9.10. The Bertz CT molecular complexity index is 1890. The molecule has 0 saturated carbocycles. The number of carbonyl (C=O) groups excluding carboxylic acids is 3. The molecule has 49 heavy (non-hydrogen) atoms. The van der Waals surface area contributed by atoms with Crippen LogP contribution in [0.3, 0.4) is 0 Å². The average Bonchev–Trinajstić information content (AvgIpc) is 3.50. The monoisotopic (exact) mass is 812 g/mol. The number of benzene rings is 4. The topological polar surface area (TPSA) is 118 Å². The number of fused-ring (bicyclic) bond motifs is 4. The Morgan fingerprint density at radius 3 is 1.53 bits per heavy atom. The van der Waals surface area contributed by atoms with Crippen molar-refractivity contribution in [1.82, 2.24) is 21.3 Å². The van der Waals surface area contributed by atoms with Gasteiger partial charge >= 0.3 is 6.03 Å². The van der Waals surface area contributed by atoms with Crippen LogP contribution in [0.2, 0.25) is 0 Å². The Balaban J connectivity index is 0.000000167. The van der Waals surface area contributed by atoms with E-state index in [1.807, 2.05) is 12.1 Å². The number of hydrogen-bond donors (Lipinski definition) is 4. The molecule has 4 N–H and O–H groups in total. The van der Waals surface area contributed by atoms with Gasteiger partial charge in [-0.25, -0.2) is 13.6 Å². The van der Waals surface area contributed by atoms with Gasteiger partial charge < -0.3 is 25.4 Å². The van der Waals surface area contributed by atoms with Crippen molar-refractivity contribution in [2.24, 2.45) is 0 Å². The van der Waals surface area contributed by atoms with Gasteiger partial charge in [-0.2, -0.15) is 0 Å². The summed E-state index contributed by atoms with van der Waals surface area (Å²) in [5.74, 6) is -0.518.